The molecule has 0 amide bonds. The van der Waals surface area contributed by atoms with Crippen molar-refractivity contribution < 1.29 is 4.74 Å². The van der Waals surface area contributed by atoms with Crippen molar-refractivity contribution in [2.24, 2.45) is 0 Å². The van der Waals surface area contributed by atoms with Gasteiger partial charge in [0.15, 0.2) is 5.11 Å². The molecule has 0 radical (unpaired) electrons. The molecule has 0 aliphatic heterocycles. The maximum atomic E-state index is 5.47. The molecule has 0 fully saturated rings. The van der Waals surface area contributed by atoms with Gasteiger partial charge in [0.1, 0.15) is 5.75 Å². The molecule has 0 spiro atoms. The SMILES string of the molecule is CCc1cccc(CC)c1NC(=S)NCc1ccccc1OC. The van der Waals surface area contributed by atoms with Crippen molar-refractivity contribution in [3.63, 3.8) is 0 Å². The van der Waals surface area contributed by atoms with E-state index in [2.05, 4.69) is 42.7 Å². The van der Waals surface area contributed by atoms with Crippen LogP contribution in [0.1, 0.15) is 30.5 Å². The minimum atomic E-state index is 0.631. The van der Waals surface area contributed by atoms with Gasteiger partial charge in [-0.25, -0.2) is 0 Å². The van der Waals surface area contributed by atoms with Gasteiger partial charge in [-0.05, 0) is 42.3 Å². The highest BCUT2D eigenvalue weighted by molar-refractivity contribution is 7.80. The molecule has 2 rings (SSSR count). The lowest BCUT2D eigenvalue weighted by atomic mass is 10.0. The van der Waals surface area contributed by atoms with Crippen molar-refractivity contribution in [1.82, 2.24) is 5.32 Å². The van der Waals surface area contributed by atoms with Crippen molar-refractivity contribution in [2.75, 3.05) is 12.4 Å². The van der Waals surface area contributed by atoms with E-state index in [1.54, 1.807) is 7.11 Å². The molecule has 4 heteroatoms. The van der Waals surface area contributed by atoms with Gasteiger partial charge < -0.3 is 15.4 Å². The van der Waals surface area contributed by atoms with Crippen molar-refractivity contribution in [3.8, 4) is 5.75 Å². The number of hydrogen-bond donors (Lipinski definition) is 2. The van der Waals surface area contributed by atoms with Crippen molar-refractivity contribution in [1.29, 1.82) is 0 Å². The molecular weight excluding hydrogens is 304 g/mol. The summed E-state index contributed by atoms with van der Waals surface area (Å²) in [7, 11) is 1.68. The molecule has 2 N–H and O–H groups in total. The average molecular weight is 328 g/mol. The summed E-state index contributed by atoms with van der Waals surface area (Å²) in [6.07, 6.45) is 1.95. The Bertz CT molecular complexity index is 648. The number of thiocarbonyl (C=S) groups is 1. The van der Waals surface area contributed by atoms with Gasteiger partial charge in [-0.15, -0.1) is 0 Å². The Labute approximate surface area is 144 Å². The fourth-order valence-corrected chi connectivity index (χ4v) is 2.76. The minimum Gasteiger partial charge on any atom is -0.496 e. The number of nitrogens with one attached hydrogen (secondary N) is 2. The van der Waals surface area contributed by atoms with Gasteiger partial charge in [-0.1, -0.05) is 50.2 Å². The standard InChI is InChI=1S/C19H24N2OS/c1-4-14-10-8-11-15(5-2)18(14)21-19(23)20-13-16-9-6-7-12-17(16)22-3/h6-12H,4-5,13H2,1-3H3,(H2,20,21,23). The first kappa shape index (κ1) is 17.3. The lowest BCUT2D eigenvalue weighted by molar-refractivity contribution is 0.409. The normalized spacial score (nSPS) is 10.2. The second-order valence-electron chi connectivity index (χ2n) is 5.28. The number of anilines is 1. The Hall–Kier alpha value is -2.07. The Kier molecular flexibility index (Phi) is 6.41. The summed E-state index contributed by atoms with van der Waals surface area (Å²) in [5, 5.41) is 7.26. The largest absolute Gasteiger partial charge is 0.496 e. The van der Waals surface area contributed by atoms with Gasteiger partial charge in [-0.3, -0.25) is 0 Å². The average Bonchev–Trinajstić information content (AvgIpc) is 2.60. The molecule has 0 aliphatic carbocycles. The summed E-state index contributed by atoms with van der Waals surface area (Å²) in [5.41, 5.74) is 4.78. The van der Waals surface area contributed by atoms with E-state index in [-0.39, 0.29) is 0 Å². The topological polar surface area (TPSA) is 33.3 Å². The summed E-state index contributed by atoms with van der Waals surface area (Å²) >= 11 is 5.47. The van der Waals surface area contributed by atoms with Crippen molar-refractivity contribution in [3.05, 3.63) is 59.2 Å². The highest BCUT2D eigenvalue weighted by Gasteiger charge is 2.08. The first-order chi connectivity index (χ1) is 11.2. The van der Waals surface area contributed by atoms with Crippen LogP contribution in [0.2, 0.25) is 0 Å². The van der Waals surface area contributed by atoms with Gasteiger partial charge in [0, 0.05) is 17.8 Å². The van der Waals surface area contributed by atoms with Gasteiger partial charge >= 0.3 is 0 Å². The van der Waals surface area contributed by atoms with Gasteiger partial charge in [0.25, 0.3) is 0 Å². The highest BCUT2D eigenvalue weighted by Crippen LogP contribution is 2.22. The van der Waals surface area contributed by atoms with E-state index >= 15 is 0 Å². The number of para-hydroxylation sites is 2. The minimum absolute atomic E-state index is 0.631. The molecule has 0 bridgehead atoms. The molecule has 0 aliphatic rings. The van der Waals surface area contributed by atoms with Crippen molar-refractivity contribution in [2.45, 2.75) is 33.2 Å². The fraction of sp³-hybridized carbons (Fsp3) is 0.316. The molecule has 2 aromatic rings. The molecule has 0 aromatic heterocycles. The summed E-state index contributed by atoms with van der Waals surface area (Å²) in [4.78, 5) is 0. The quantitative estimate of drug-likeness (QED) is 0.774. The number of aryl methyl sites for hydroxylation is 2. The van der Waals surface area contributed by atoms with Gasteiger partial charge in [0.2, 0.25) is 0 Å². The number of benzene rings is 2. The molecule has 0 unspecified atom stereocenters. The van der Waals surface area contributed by atoms with Crippen LogP contribution in [0.3, 0.4) is 0 Å². The molecule has 0 atom stereocenters. The molecule has 2 aromatic carbocycles. The van der Waals surface area contributed by atoms with E-state index in [1.807, 2.05) is 24.3 Å². The number of rotatable bonds is 6. The summed E-state index contributed by atoms with van der Waals surface area (Å²) in [5.74, 6) is 0.867. The maximum Gasteiger partial charge on any atom is 0.171 e. The third-order valence-electron chi connectivity index (χ3n) is 3.87. The van der Waals surface area contributed by atoms with Crippen LogP contribution in [0.5, 0.6) is 5.75 Å². The summed E-state index contributed by atoms with van der Waals surface area (Å²) in [6.45, 7) is 4.95. The van der Waals surface area contributed by atoms with Crippen LogP contribution in [0.25, 0.3) is 0 Å². The Morgan fingerprint density at radius 2 is 1.57 bits per heavy atom. The first-order valence-corrected chi connectivity index (χ1v) is 8.37. The van der Waals surface area contributed by atoms with Crippen LogP contribution in [-0.2, 0) is 19.4 Å². The van der Waals surface area contributed by atoms with Crippen LogP contribution in [0, 0.1) is 0 Å². The molecule has 0 saturated heterocycles. The van der Waals surface area contributed by atoms with Crippen molar-refractivity contribution >= 4 is 23.0 Å². The van der Waals surface area contributed by atoms with Crippen LogP contribution >= 0.6 is 12.2 Å². The predicted octanol–water partition coefficient (Wildman–Crippen LogP) is 4.31. The third kappa shape index (κ3) is 4.45. The second-order valence-corrected chi connectivity index (χ2v) is 5.69. The maximum absolute atomic E-state index is 5.47. The van der Waals surface area contributed by atoms with Crippen LogP contribution in [0.4, 0.5) is 5.69 Å². The Balaban J connectivity index is 2.06. The number of methoxy groups -OCH3 is 1. The molecule has 3 nitrogen and oxygen atoms in total. The molecule has 0 heterocycles. The molecule has 23 heavy (non-hydrogen) atoms. The number of hydrogen-bond acceptors (Lipinski definition) is 2. The first-order valence-electron chi connectivity index (χ1n) is 7.97. The van der Waals surface area contributed by atoms with Gasteiger partial charge in [-0.2, -0.15) is 0 Å². The smallest absolute Gasteiger partial charge is 0.171 e. The number of ether oxygens (including phenoxy) is 1. The van der Waals surface area contributed by atoms with Gasteiger partial charge in [0.05, 0.1) is 7.11 Å². The van der Waals surface area contributed by atoms with E-state index in [0.29, 0.717) is 11.7 Å². The predicted molar refractivity (Wildman–Crippen MR) is 101 cm³/mol. The Morgan fingerprint density at radius 1 is 0.957 bits per heavy atom. The highest BCUT2D eigenvalue weighted by atomic mass is 32.1. The summed E-state index contributed by atoms with van der Waals surface area (Å²) < 4.78 is 5.37. The molecular formula is C19H24N2OS. The van der Waals surface area contributed by atoms with E-state index in [4.69, 9.17) is 17.0 Å². The lowest BCUT2D eigenvalue weighted by Gasteiger charge is -2.17. The van der Waals surface area contributed by atoms with Crippen LogP contribution in [-0.4, -0.2) is 12.2 Å². The lowest BCUT2D eigenvalue weighted by Crippen LogP contribution is -2.29. The van der Waals surface area contributed by atoms with E-state index in [9.17, 15) is 0 Å². The van der Waals surface area contributed by atoms with E-state index < -0.39 is 0 Å². The summed E-state index contributed by atoms with van der Waals surface area (Å²) in [6, 6.07) is 14.3. The molecule has 122 valence electrons. The third-order valence-corrected chi connectivity index (χ3v) is 4.12. The zero-order valence-corrected chi connectivity index (χ0v) is 14.8. The van der Waals surface area contributed by atoms with Crippen LogP contribution in [0.15, 0.2) is 42.5 Å². The van der Waals surface area contributed by atoms with E-state index in [1.165, 1.54) is 11.1 Å². The fourth-order valence-electron chi connectivity index (χ4n) is 2.59. The van der Waals surface area contributed by atoms with E-state index in [0.717, 1.165) is 29.8 Å². The van der Waals surface area contributed by atoms with Crippen LogP contribution < -0.4 is 15.4 Å². The second kappa shape index (κ2) is 8.53. The monoisotopic (exact) mass is 328 g/mol. The zero-order valence-electron chi connectivity index (χ0n) is 14.0. The zero-order chi connectivity index (χ0) is 16.7. The molecule has 0 saturated carbocycles. The Morgan fingerprint density at radius 3 is 2.17 bits per heavy atom.